The van der Waals surface area contributed by atoms with Crippen LogP contribution in [0.3, 0.4) is 0 Å². The Labute approximate surface area is 169 Å². The van der Waals surface area contributed by atoms with Gasteiger partial charge < -0.3 is 25.6 Å². The van der Waals surface area contributed by atoms with Gasteiger partial charge in [0.25, 0.3) is 0 Å². The predicted molar refractivity (Wildman–Crippen MR) is 111 cm³/mol. The van der Waals surface area contributed by atoms with E-state index in [2.05, 4.69) is 16.0 Å². The highest BCUT2D eigenvalue weighted by molar-refractivity contribution is 6.00. The Morgan fingerprint density at radius 1 is 0.966 bits per heavy atom. The highest BCUT2D eigenvalue weighted by atomic mass is 16.5. The first-order chi connectivity index (χ1) is 14.0. The number of benzene rings is 2. The maximum absolute atomic E-state index is 12.7. The Kier molecular flexibility index (Phi) is 6.33. The number of hydrogen-bond donors (Lipinski definition) is 3. The molecule has 8 nitrogen and oxygen atoms in total. The molecule has 152 valence electrons. The van der Waals surface area contributed by atoms with Crippen molar-refractivity contribution in [2.75, 3.05) is 29.6 Å². The summed E-state index contributed by atoms with van der Waals surface area (Å²) in [4.78, 5) is 38.0. The number of nitrogens with zero attached hydrogens (tertiary/aromatic N) is 1. The van der Waals surface area contributed by atoms with E-state index in [9.17, 15) is 14.4 Å². The molecule has 2 aromatic rings. The summed E-state index contributed by atoms with van der Waals surface area (Å²) in [5.74, 6) is 0.238. The lowest BCUT2D eigenvalue weighted by Crippen LogP contribution is -2.45. The molecule has 3 N–H and O–H groups in total. The van der Waals surface area contributed by atoms with E-state index in [1.807, 2.05) is 0 Å². The SMILES string of the molecule is COc1cccc(NC(=O)N2CCC[C@@H]2C(=O)Nc2ccc(NC(C)=O)cc2)c1. The van der Waals surface area contributed by atoms with Crippen LogP contribution in [0.25, 0.3) is 0 Å². The van der Waals surface area contributed by atoms with Crippen LogP contribution in [0.2, 0.25) is 0 Å². The zero-order chi connectivity index (χ0) is 20.8. The van der Waals surface area contributed by atoms with Gasteiger partial charge in [0.05, 0.1) is 7.11 Å². The van der Waals surface area contributed by atoms with Crippen molar-refractivity contribution in [2.24, 2.45) is 0 Å². The molecule has 1 atom stereocenters. The maximum atomic E-state index is 12.7. The second kappa shape index (κ2) is 9.09. The second-order valence-electron chi connectivity index (χ2n) is 6.76. The molecule has 0 spiro atoms. The summed E-state index contributed by atoms with van der Waals surface area (Å²) >= 11 is 0. The standard InChI is InChI=1S/C21H24N4O4/c1-14(26)22-15-8-10-16(11-9-15)23-20(27)19-7-4-12-25(19)21(28)24-17-5-3-6-18(13-17)29-2/h3,5-6,8-11,13,19H,4,7,12H2,1-2H3,(H,22,26)(H,23,27)(H,24,28)/t19-/m1/s1. The van der Waals surface area contributed by atoms with Gasteiger partial charge in [-0.05, 0) is 49.2 Å². The Morgan fingerprint density at radius 2 is 1.66 bits per heavy atom. The lowest BCUT2D eigenvalue weighted by molar-refractivity contribution is -0.119. The topological polar surface area (TPSA) is 99.8 Å². The second-order valence-corrected chi connectivity index (χ2v) is 6.76. The highest BCUT2D eigenvalue weighted by Crippen LogP contribution is 2.23. The van der Waals surface area contributed by atoms with E-state index in [-0.39, 0.29) is 17.8 Å². The number of methoxy groups -OCH3 is 1. The molecular formula is C21H24N4O4. The van der Waals surface area contributed by atoms with Gasteiger partial charge in [-0.1, -0.05) is 6.07 Å². The summed E-state index contributed by atoms with van der Waals surface area (Å²) in [6.45, 7) is 1.94. The van der Waals surface area contributed by atoms with Crippen LogP contribution in [0, 0.1) is 0 Å². The number of carbonyl (C=O) groups excluding carboxylic acids is 3. The molecule has 1 fully saturated rings. The number of urea groups is 1. The summed E-state index contributed by atoms with van der Waals surface area (Å²) in [6.07, 6.45) is 1.35. The normalized spacial score (nSPS) is 15.5. The fraction of sp³-hybridized carbons (Fsp3) is 0.286. The van der Waals surface area contributed by atoms with Gasteiger partial charge in [0.15, 0.2) is 0 Å². The zero-order valence-electron chi connectivity index (χ0n) is 16.4. The van der Waals surface area contributed by atoms with Gasteiger partial charge in [-0.3, -0.25) is 9.59 Å². The number of carbonyl (C=O) groups is 3. The number of nitrogens with one attached hydrogen (secondary N) is 3. The van der Waals surface area contributed by atoms with E-state index in [1.54, 1.807) is 60.5 Å². The molecule has 0 saturated carbocycles. The Hall–Kier alpha value is -3.55. The summed E-state index contributed by atoms with van der Waals surface area (Å²) < 4.78 is 5.17. The van der Waals surface area contributed by atoms with Crippen molar-refractivity contribution >= 4 is 34.9 Å². The number of ether oxygens (including phenoxy) is 1. The fourth-order valence-electron chi connectivity index (χ4n) is 3.24. The Bertz CT molecular complexity index is 898. The highest BCUT2D eigenvalue weighted by Gasteiger charge is 2.34. The van der Waals surface area contributed by atoms with Crippen molar-refractivity contribution in [3.63, 3.8) is 0 Å². The monoisotopic (exact) mass is 396 g/mol. The lowest BCUT2D eigenvalue weighted by Gasteiger charge is -2.24. The number of anilines is 3. The number of likely N-dealkylation sites (tertiary alicyclic amines) is 1. The minimum Gasteiger partial charge on any atom is -0.497 e. The van der Waals surface area contributed by atoms with Gasteiger partial charge in [-0.2, -0.15) is 0 Å². The first-order valence-electron chi connectivity index (χ1n) is 9.36. The molecule has 2 aromatic carbocycles. The van der Waals surface area contributed by atoms with Crippen LogP contribution in [0.15, 0.2) is 48.5 Å². The van der Waals surface area contributed by atoms with Gasteiger partial charge in [0, 0.05) is 36.6 Å². The summed E-state index contributed by atoms with van der Waals surface area (Å²) in [5, 5.41) is 8.33. The van der Waals surface area contributed by atoms with Crippen LogP contribution >= 0.6 is 0 Å². The van der Waals surface area contributed by atoms with Crippen LogP contribution in [0.1, 0.15) is 19.8 Å². The van der Waals surface area contributed by atoms with E-state index < -0.39 is 6.04 Å². The smallest absolute Gasteiger partial charge is 0.322 e. The molecule has 0 unspecified atom stereocenters. The van der Waals surface area contributed by atoms with Gasteiger partial charge in [-0.15, -0.1) is 0 Å². The molecule has 4 amide bonds. The van der Waals surface area contributed by atoms with E-state index in [4.69, 9.17) is 4.74 Å². The average molecular weight is 396 g/mol. The van der Waals surface area contributed by atoms with Crippen molar-refractivity contribution < 1.29 is 19.1 Å². The third kappa shape index (κ3) is 5.25. The molecule has 1 aliphatic heterocycles. The van der Waals surface area contributed by atoms with Crippen molar-refractivity contribution in [1.29, 1.82) is 0 Å². The molecule has 0 aliphatic carbocycles. The number of amides is 4. The largest absolute Gasteiger partial charge is 0.497 e. The third-order valence-electron chi connectivity index (χ3n) is 4.61. The van der Waals surface area contributed by atoms with E-state index >= 15 is 0 Å². The lowest BCUT2D eigenvalue weighted by atomic mass is 10.2. The van der Waals surface area contributed by atoms with E-state index in [0.29, 0.717) is 35.8 Å². The third-order valence-corrected chi connectivity index (χ3v) is 4.61. The molecule has 1 heterocycles. The number of hydrogen-bond acceptors (Lipinski definition) is 4. The molecule has 1 aliphatic rings. The molecule has 29 heavy (non-hydrogen) atoms. The van der Waals surface area contributed by atoms with Crippen molar-refractivity contribution in [2.45, 2.75) is 25.8 Å². The molecule has 8 heteroatoms. The van der Waals surface area contributed by atoms with Crippen LogP contribution in [-0.4, -0.2) is 42.4 Å². The summed E-state index contributed by atoms with van der Waals surface area (Å²) in [6, 6.07) is 13.0. The maximum Gasteiger partial charge on any atom is 0.322 e. The first-order valence-corrected chi connectivity index (χ1v) is 9.36. The molecule has 3 rings (SSSR count). The Morgan fingerprint density at radius 3 is 2.31 bits per heavy atom. The molecule has 0 bridgehead atoms. The quantitative estimate of drug-likeness (QED) is 0.722. The van der Waals surface area contributed by atoms with E-state index in [1.165, 1.54) is 6.92 Å². The first kappa shape index (κ1) is 20.2. The van der Waals surface area contributed by atoms with Crippen molar-refractivity contribution in [3.05, 3.63) is 48.5 Å². The summed E-state index contributed by atoms with van der Waals surface area (Å²) in [5.41, 5.74) is 1.86. The summed E-state index contributed by atoms with van der Waals surface area (Å²) in [7, 11) is 1.56. The molecule has 0 aromatic heterocycles. The van der Waals surface area contributed by atoms with Crippen LogP contribution < -0.4 is 20.7 Å². The Balaban J connectivity index is 1.62. The van der Waals surface area contributed by atoms with Crippen LogP contribution in [0.4, 0.5) is 21.9 Å². The van der Waals surface area contributed by atoms with Crippen molar-refractivity contribution in [1.82, 2.24) is 4.90 Å². The van der Waals surface area contributed by atoms with Crippen molar-refractivity contribution in [3.8, 4) is 5.75 Å². The van der Waals surface area contributed by atoms with E-state index in [0.717, 1.165) is 6.42 Å². The van der Waals surface area contributed by atoms with Crippen LogP contribution in [0.5, 0.6) is 5.75 Å². The fourth-order valence-corrected chi connectivity index (χ4v) is 3.24. The molecule has 0 radical (unpaired) electrons. The predicted octanol–water partition coefficient (Wildman–Crippen LogP) is 3.29. The minimum atomic E-state index is -0.546. The zero-order valence-corrected chi connectivity index (χ0v) is 16.4. The number of rotatable bonds is 5. The molecule has 1 saturated heterocycles. The van der Waals surface area contributed by atoms with Gasteiger partial charge in [-0.25, -0.2) is 4.79 Å². The van der Waals surface area contributed by atoms with Gasteiger partial charge in [0.2, 0.25) is 11.8 Å². The van der Waals surface area contributed by atoms with Gasteiger partial charge >= 0.3 is 6.03 Å². The molecular weight excluding hydrogens is 372 g/mol. The van der Waals surface area contributed by atoms with Crippen LogP contribution in [-0.2, 0) is 9.59 Å². The average Bonchev–Trinajstić information content (AvgIpc) is 3.19. The minimum absolute atomic E-state index is 0.162. The van der Waals surface area contributed by atoms with Gasteiger partial charge in [0.1, 0.15) is 11.8 Å².